The molecule has 3 heteroatoms. The molecule has 1 unspecified atom stereocenters. The predicted molar refractivity (Wildman–Crippen MR) is 82.3 cm³/mol. The van der Waals surface area contributed by atoms with Gasteiger partial charge in [-0.3, -0.25) is 9.80 Å². The summed E-state index contributed by atoms with van der Waals surface area (Å²) in [7, 11) is 0. The van der Waals surface area contributed by atoms with Crippen LogP contribution in [0.5, 0.6) is 0 Å². The van der Waals surface area contributed by atoms with E-state index in [1.165, 1.54) is 58.3 Å². The fourth-order valence-corrected chi connectivity index (χ4v) is 4.17. The molecule has 0 aromatic heterocycles. The van der Waals surface area contributed by atoms with Crippen molar-refractivity contribution in [3.05, 3.63) is 0 Å². The number of hydrogen-bond donors (Lipinski definition) is 1. The molecule has 19 heavy (non-hydrogen) atoms. The third-order valence-corrected chi connectivity index (χ3v) is 5.84. The van der Waals surface area contributed by atoms with Gasteiger partial charge in [-0.15, -0.1) is 0 Å². The van der Waals surface area contributed by atoms with Gasteiger partial charge in [-0.2, -0.15) is 0 Å². The minimum Gasteiger partial charge on any atom is -0.329 e. The molecule has 2 rings (SSSR count). The summed E-state index contributed by atoms with van der Waals surface area (Å²) in [6, 6.07) is 0.686. The zero-order chi connectivity index (χ0) is 13.9. The second kappa shape index (κ2) is 6.55. The first-order valence-corrected chi connectivity index (χ1v) is 8.34. The van der Waals surface area contributed by atoms with Crippen molar-refractivity contribution < 1.29 is 0 Å². The Kier molecular flexibility index (Phi) is 5.27. The lowest BCUT2D eigenvalue weighted by atomic mass is 9.74. The highest BCUT2D eigenvalue weighted by Crippen LogP contribution is 2.38. The summed E-state index contributed by atoms with van der Waals surface area (Å²) in [5, 5.41) is 0. The maximum absolute atomic E-state index is 6.21. The summed E-state index contributed by atoms with van der Waals surface area (Å²) in [6.07, 6.45) is 6.76. The molecule has 2 fully saturated rings. The molecule has 1 atom stereocenters. The molecular weight excluding hydrogens is 234 g/mol. The minimum atomic E-state index is 0.319. The Bertz CT molecular complexity index is 271. The second-order valence-electron chi connectivity index (χ2n) is 6.70. The fourth-order valence-electron chi connectivity index (χ4n) is 4.17. The molecule has 2 aliphatic rings. The normalized spacial score (nSPS) is 38.5. The molecular formula is C16H33N3. The Balaban J connectivity index is 1.98. The first-order valence-electron chi connectivity index (χ1n) is 8.34. The smallest absolute Gasteiger partial charge is 0.0333 e. The lowest BCUT2D eigenvalue weighted by molar-refractivity contribution is -0.0163. The molecule has 112 valence electrons. The summed E-state index contributed by atoms with van der Waals surface area (Å²) >= 11 is 0. The summed E-state index contributed by atoms with van der Waals surface area (Å²) in [4.78, 5) is 5.33. The third kappa shape index (κ3) is 3.14. The van der Waals surface area contributed by atoms with Crippen molar-refractivity contribution in [2.75, 3.05) is 32.7 Å². The second-order valence-corrected chi connectivity index (χ2v) is 6.70. The van der Waals surface area contributed by atoms with Gasteiger partial charge in [0.05, 0.1) is 0 Å². The highest BCUT2D eigenvalue weighted by atomic mass is 15.3. The number of nitrogens with two attached hydrogens (primary N) is 1. The van der Waals surface area contributed by atoms with Crippen molar-refractivity contribution in [2.24, 2.45) is 11.7 Å². The van der Waals surface area contributed by atoms with E-state index in [-0.39, 0.29) is 0 Å². The number of rotatable bonds is 4. The Morgan fingerprint density at radius 2 is 1.84 bits per heavy atom. The van der Waals surface area contributed by atoms with Crippen LogP contribution < -0.4 is 5.73 Å². The Morgan fingerprint density at radius 3 is 2.32 bits per heavy atom. The van der Waals surface area contributed by atoms with E-state index in [9.17, 15) is 0 Å². The molecule has 0 bridgehead atoms. The van der Waals surface area contributed by atoms with Gasteiger partial charge >= 0.3 is 0 Å². The highest BCUT2D eigenvalue weighted by molar-refractivity contribution is 4.98. The van der Waals surface area contributed by atoms with E-state index in [0.717, 1.165) is 12.5 Å². The lowest BCUT2D eigenvalue weighted by Crippen LogP contribution is -2.63. The molecule has 1 aliphatic heterocycles. The SMILES string of the molecule is CCC1CCC(CN)(N2CCN(CC)C(C)C2)CC1. The summed E-state index contributed by atoms with van der Waals surface area (Å²) in [5.41, 5.74) is 6.53. The molecule has 0 radical (unpaired) electrons. The van der Waals surface area contributed by atoms with Crippen LogP contribution >= 0.6 is 0 Å². The topological polar surface area (TPSA) is 32.5 Å². The molecule has 0 aromatic rings. The van der Waals surface area contributed by atoms with Crippen LogP contribution in [0.25, 0.3) is 0 Å². The van der Waals surface area contributed by atoms with Gasteiger partial charge in [0.15, 0.2) is 0 Å². The lowest BCUT2D eigenvalue weighted by Gasteiger charge is -2.52. The Hall–Kier alpha value is -0.120. The van der Waals surface area contributed by atoms with E-state index in [4.69, 9.17) is 5.73 Å². The number of likely N-dealkylation sites (N-methyl/N-ethyl adjacent to an activating group) is 1. The van der Waals surface area contributed by atoms with Crippen LogP contribution in [0, 0.1) is 5.92 Å². The van der Waals surface area contributed by atoms with Crippen LogP contribution in [-0.2, 0) is 0 Å². The molecule has 2 N–H and O–H groups in total. The van der Waals surface area contributed by atoms with E-state index < -0.39 is 0 Å². The zero-order valence-electron chi connectivity index (χ0n) is 13.2. The monoisotopic (exact) mass is 267 g/mol. The summed E-state index contributed by atoms with van der Waals surface area (Å²) < 4.78 is 0. The van der Waals surface area contributed by atoms with Gasteiger partial charge in [0.25, 0.3) is 0 Å². The van der Waals surface area contributed by atoms with E-state index >= 15 is 0 Å². The average molecular weight is 267 g/mol. The van der Waals surface area contributed by atoms with E-state index in [1.54, 1.807) is 0 Å². The number of piperazine rings is 1. The van der Waals surface area contributed by atoms with Crippen LogP contribution in [0.1, 0.15) is 52.9 Å². The quantitative estimate of drug-likeness (QED) is 0.848. The van der Waals surface area contributed by atoms with E-state index in [2.05, 4.69) is 30.6 Å². The van der Waals surface area contributed by atoms with Gasteiger partial charge < -0.3 is 5.73 Å². The zero-order valence-corrected chi connectivity index (χ0v) is 13.2. The first kappa shape index (κ1) is 15.3. The van der Waals surface area contributed by atoms with Crippen LogP contribution in [0.15, 0.2) is 0 Å². The standard InChI is InChI=1S/C16H33N3/c1-4-15-6-8-16(13-17,9-7-15)19-11-10-18(5-2)14(3)12-19/h14-15H,4-13,17H2,1-3H3. The van der Waals surface area contributed by atoms with Crippen molar-refractivity contribution in [1.29, 1.82) is 0 Å². The van der Waals surface area contributed by atoms with Gasteiger partial charge in [-0.1, -0.05) is 20.3 Å². The van der Waals surface area contributed by atoms with Crippen molar-refractivity contribution >= 4 is 0 Å². The third-order valence-electron chi connectivity index (χ3n) is 5.84. The molecule has 0 aromatic carbocycles. The largest absolute Gasteiger partial charge is 0.329 e. The number of hydrogen-bond acceptors (Lipinski definition) is 3. The first-order chi connectivity index (χ1) is 9.15. The molecule has 0 spiro atoms. The fraction of sp³-hybridized carbons (Fsp3) is 1.00. The van der Waals surface area contributed by atoms with Crippen LogP contribution in [0.2, 0.25) is 0 Å². The van der Waals surface area contributed by atoms with Gasteiger partial charge in [0, 0.05) is 37.8 Å². The minimum absolute atomic E-state index is 0.319. The van der Waals surface area contributed by atoms with Gasteiger partial charge in [-0.05, 0) is 45.1 Å². The van der Waals surface area contributed by atoms with Gasteiger partial charge in [0.2, 0.25) is 0 Å². The van der Waals surface area contributed by atoms with Crippen LogP contribution in [-0.4, -0.2) is 54.1 Å². The molecule has 1 saturated carbocycles. The molecule has 1 saturated heterocycles. The van der Waals surface area contributed by atoms with Crippen molar-refractivity contribution in [3.63, 3.8) is 0 Å². The van der Waals surface area contributed by atoms with E-state index in [0.29, 0.717) is 11.6 Å². The van der Waals surface area contributed by atoms with Crippen molar-refractivity contribution in [3.8, 4) is 0 Å². The van der Waals surface area contributed by atoms with Gasteiger partial charge in [0.1, 0.15) is 0 Å². The Morgan fingerprint density at radius 1 is 1.16 bits per heavy atom. The number of nitrogens with zero attached hydrogens (tertiary/aromatic N) is 2. The molecule has 1 aliphatic carbocycles. The summed E-state index contributed by atoms with van der Waals surface area (Å²) in [5.74, 6) is 0.953. The average Bonchev–Trinajstić information content (AvgIpc) is 2.47. The van der Waals surface area contributed by atoms with E-state index in [1.807, 2.05) is 0 Å². The van der Waals surface area contributed by atoms with Gasteiger partial charge in [-0.25, -0.2) is 0 Å². The maximum Gasteiger partial charge on any atom is 0.0333 e. The van der Waals surface area contributed by atoms with Crippen LogP contribution in [0.4, 0.5) is 0 Å². The van der Waals surface area contributed by atoms with Crippen molar-refractivity contribution in [2.45, 2.75) is 64.5 Å². The van der Waals surface area contributed by atoms with Crippen molar-refractivity contribution in [1.82, 2.24) is 9.80 Å². The predicted octanol–water partition coefficient (Wildman–Crippen LogP) is 2.31. The highest BCUT2D eigenvalue weighted by Gasteiger charge is 2.41. The molecule has 0 amide bonds. The summed E-state index contributed by atoms with van der Waals surface area (Å²) in [6.45, 7) is 12.7. The molecule has 1 heterocycles. The molecule has 3 nitrogen and oxygen atoms in total. The van der Waals surface area contributed by atoms with Crippen LogP contribution in [0.3, 0.4) is 0 Å². The maximum atomic E-state index is 6.21. The Labute approximate surface area is 119 Å².